The van der Waals surface area contributed by atoms with Crippen LogP contribution in [-0.2, 0) is 4.79 Å². The predicted molar refractivity (Wildman–Crippen MR) is 56.4 cm³/mol. The SMILES string of the molecule is CC(c1ccncc1)N(C)C(=O)C(F)(F)C(F)(F)F. The number of amides is 1. The number of alkyl halides is 5. The van der Waals surface area contributed by atoms with Gasteiger partial charge < -0.3 is 4.90 Å². The van der Waals surface area contributed by atoms with Crippen molar-refractivity contribution in [2.24, 2.45) is 0 Å². The van der Waals surface area contributed by atoms with Crippen LogP contribution in [0.2, 0.25) is 0 Å². The molecule has 1 aromatic heterocycles. The summed E-state index contributed by atoms with van der Waals surface area (Å²) >= 11 is 0. The van der Waals surface area contributed by atoms with Gasteiger partial charge in [-0.2, -0.15) is 22.0 Å². The molecule has 0 spiro atoms. The van der Waals surface area contributed by atoms with Crippen molar-refractivity contribution in [1.29, 1.82) is 0 Å². The molecule has 106 valence electrons. The van der Waals surface area contributed by atoms with Crippen molar-refractivity contribution < 1.29 is 26.7 Å². The molecule has 0 radical (unpaired) electrons. The van der Waals surface area contributed by atoms with Crippen LogP contribution in [0, 0.1) is 0 Å². The van der Waals surface area contributed by atoms with Gasteiger partial charge in [-0.25, -0.2) is 0 Å². The molecule has 0 aliphatic rings. The molecule has 19 heavy (non-hydrogen) atoms. The Morgan fingerprint density at radius 2 is 1.68 bits per heavy atom. The maximum atomic E-state index is 12.9. The number of hydrogen-bond donors (Lipinski definition) is 0. The van der Waals surface area contributed by atoms with Crippen LogP contribution in [0.5, 0.6) is 0 Å². The first-order valence-corrected chi connectivity index (χ1v) is 5.20. The molecule has 1 atom stereocenters. The van der Waals surface area contributed by atoms with E-state index in [1.165, 1.54) is 31.5 Å². The van der Waals surface area contributed by atoms with E-state index in [-0.39, 0.29) is 0 Å². The van der Waals surface area contributed by atoms with E-state index >= 15 is 0 Å². The van der Waals surface area contributed by atoms with Crippen LogP contribution in [-0.4, -0.2) is 34.9 Å². The first-order valence-electron chi connectivity index (χ1n) is 5.20. The van der Waals surface area contributed by atoms with Gasteiger partial charge in [0.1, 0.15) is 0 Å². The lowest BCUT2D eigenvalue weighted by molar-refractivity contribution is -0.274. The summed E-state index contributed by atoms with van der Waals surface area (Å²) in [5.74, 6) is -7.69. The first kappa shape index (κ1) is 15.3. The fourth-order valence-corrected chi connectivity index (χ4v) is 1.38. The Labute approximate surface area is 106 Å². The quantitative estimate of drug-likeness (QED) is 0.799. The highest BCUT2D eigenvalue weighted by atomic mass is 19.4. The van der Waals surface area contributed by atoms with Gasteiger partial charge in [-0.1, -0.05) is 0 Å². The van der Waals surface area contributed by atoms with Crippen molar-refractivity contribution in [3.8, 4) is 0 Å². The highest BCUT2D eigenvalue weighted by Crippen LogP contribution is 2.38. The highest BCUT2D eigenvalue weighted by molar-refractivity contribution is 5.84. The third kappa shape index (κ3) is 2.99. The summed E-state index contributed by atoms with van der Waals surface area (Å²) in [7, 11) is 0.896. The van der Waals surface area contributed by atoms with Crippen molar-refractivity contribution >= 4 is 5.91 Å². The van der Waals surface area contributed by atoms with E-state index in [4.69, 9.17) is 0 Å². The van der Waals surface area contributed by atoms with Crippen LogP contribution in [0.4, 0.5) is 22.0 Å². The van der Waals surface area contributed by atoms with E-state index in [0.29, 0.717) is 10.5 Å². The average Bonchev–Trinajstić information content (AvgIpc) is 2.35. The van der Waals surface area contributed by atoms with Crippen molar-refractivity contribution in [3.63, 3.8) is 0 Å². The van der Waals surface area contributed by atoms with Gasteiger partial charge in [-0.3, -0.25) is 9.78 Å². The minimum Gasteiger partial charge on any atom is -0.333 e. The third-order valence-electron chi connectivity index (χ3n) is 2.71. The Bertz CT molecular complexity index is 446. The van der Waals surface area contributed by atoms with E-state index in [2.05, 4.69) is 4.98 Å². The number of hydrogen-bond acceptors (Lipinski definition) is 2. The molecule has 8 heteroatoms. The van der Waals surface area contributed by atoms with E-state index in [1.54, 1.807) is 0 Å². The number of nitrogens with zero attached hydrogens (tertiary/aromatic N) is 2. The minimum atomic E-state index is -5.91. The van der Waals surface area contributed by atoms with Gasteiger partial charge in [0.05, 0.1) is 6.04 Å². The van der Waals surface area contributed by atoms with Crippen LogP contribution in [0.25, 0.3) is 0 Å². The molecular weight excluding hydrogens is 271 g/mol. The molecule has 1 amide bonds. The summed E-state index contributed by atoms with van der Waals surface area (Å²) in [6.45, 7) is 1.35. The molecule has 3 nitrogen and oxygen atoms in total. The summed E-state index contributed by atoms with van der Waals surface area (Å²) in [5, 5.41) is 0. The fraction of sp³-hybridized carbons (Fsp3) is 0.455. The smallest absolute Gasteiger partial charge is 0.333 e. The molecule has 1 heterocycles. The highest BCUT2D eigenvalue weighted by Gasteiger charge is 2.64. The molecule has 0 saturated carbocycles. The van der Waals surface area contributed by atoms with Gasteiger partial charge in [0.15, 0.2) is 0 Å². The van der Waals surface area contributed by atoms with Crippen LogP contribution in [0.3, 0.4) is 0 Å². The van der Waals surface area contributed by atoms with E-state index in [1.807, 2.05) is 0 Å². The average molecular weight is 282 g/mol. The zero-order valence-electron chi connectivity index (χ0n) is 10.1. The number of pyridine rings is 1. The zero-order valence-corrected chi connectivity index (χ0v) is 10.1. The summed E-state index contributed by atoms with van der Waals surface area (Å²) in [6.07, 6.45) is -3.20. The second kappa shape index (κ2) is 5.10. The Hall–Kier alpha value is -1.73. The lowest BCUT2D eigenvalue weighted by atomic mass is 10.1. The monoisotopic (exact) mass is 282 g/mol. The van der Waals surface area contributed by atoms with Crippen LogP contribution < -0.4 is 0 Å². The summed E-state index contributed by atoms with van der Waals surface area (Å²) in [4.78, 5) is 15.3. The third-order valence-corrected chi connectivity index (χ3v) is 2.71. The Kier molecular flexibility index (Phi) is 4.12. The van der Waals surface area contributed by atoms with Gasteiger partial charge in [0.25, 0.3) is 0 Å². The molecule has 0 aliphatic carbocycles. The number of halogens is 5. The molecular formula is C11H11F5N2O. The molecule has 1 rings (SSSR count). The summed E-state index contributed by atoms with van der Waals surface area (Å²) < 4.78 is 62.2. The van der Waals surface area contributed by atoms with Crippen molar-refractivity contribution in [1.82, 2.24) is 9.88 Å². The van der Waals surface area contributed by atoms with E-state index in [0.717, 1.165) is 7.05 Å². The largest absolute Gasteiger partial charge is 0.463 e. The van der Waals surface area contributed by atoms with Crippen LogP contribution in [0.1, 0.15) is 18.5 Å². The fourth-order valence-electron chi connectivity index (χ4n) is 1.38. The maximum absolute atomic E-state index is 12.9. The van der Waals surface area contributed by atoms with E-state index < -0.39 is 24.0 Å². The Balaban J connectivity index is 2.95. The Morgan fingerprint density at radius 3 is 2.11 bits per heavy atom. The zero-order chi connectivity index (χ0) is 14.8. The maximum Gasteiger partial charge on any atom is 0.463 e. The predicted octanol–water partition coefficient (Wildman–Crippen LogP) is 2.80. The van der Waals surface area contributed by atoms with Gasteiger partial charge in [-0.05, 0) is 24.6 Å². The van der Waals surface area contributed by atoms with Crippen LogP contribution >= 0.6 is 0 Å². The lowest BCUT2D eigenvalue weighted by Crippen LogP contribution is -2.51. The van der Waals surface area contributed by atoms with Crippen molar-refractivity contribution in [2.45, 2.75) is 25.1 Å². The molecule has 0 aliphatic heterocycles. The normalized spacial score (nSPS) is 14.1. The number of rotatable bonds is 3. The summed E-state index contributed by atoms with van der Waals surface area (Å²) in [6, 6.07) is 1.93. The minimum absolute atomic E-state index is 0.364. The second-order valence-corrected chi connectivity index (χ2v) is 3.94. The molecule has 0 N–H and O–H groups in total. The topological polar surface area (TPSA) is 33.2 Å². The number of carbonyl (C=O) groups is 1. The molecule has 1 unspecified atom stereocenters. The van der Waals surface area contributed by atoms with Gasteiger partial charge in [0, 0.05) is 19.4 Å². The molecule has 0 aromatic carbocycles. The van der Waals surface area contributed by atoms with Gasteiger partial charge >= 0.3 is 18.0 Å². The molecule has 0 fully saturated rings. The van der Waals surface area contributed by atoms with Gasteiger partial charge in [0.2, 0.25) is 0 Å². The number of aromatic nitrogens is 1. The van der Waals surface area contributed by atoms with Crippen molar-refractivity contribution in [3.05, 3.63) is 30.1 Å². The lowest BCUT2D eigenvalue weighted by Gasteiger charge is -2.29. The van der Waals surface area contributed by atoms with Gasteiger partial charge in [-0.15, -0.1) is 0 Å². The standard InChI is InChI=1S/C11H11F5N2O/c1-7(8-3-5-17-6-4-8)18(2)9(19)10(12,13)11(14,15)16/h3-7H,1-2H3. The molecule has 1 aromatic rings. The number of carbonyl (C=O) groups excluding carboxylic acids is 1. The first-order chi connectivity index (χ1) is 8.59. The summed E-state index contributed by atoms with van der Waals surface area (Å²) in [5.41, 5.74) is 0.406. The molecule has 0 bridgehead atoms. The van der Waals surface area contributed by atoms with E-state index in [9.17, 15) is 26.7 Å². The van der Waals surface area contributed by atoms with Crippen molar-refractivity contribution in [2.75, 3.05) is 7.05 Å². The van der Waals surface area contributed by atoms with Crippen LogP contribution in [0.15, 0.2) is 24.5 Å². The second-order valence-electron chi connectivity index (χ2n) is 3.94. The molecule has 0 saturated heterocycles. The Morgan fingerprint density at radius 1 is 1.21 bits per heavy atom.